The zero-order valence-electron chi connectivity index (χ0n) is 27.5. The number of rotatable bonds is 4. The zero-order valence-corrected chi connectivity index (χ0v) is 29.6. The Balaban J connectivity index is 1.41. The quantitative estimate of drug-likeness (QED) is 0.172. The van der Waals surface area contributed by atoms with E-state index >= 15 is 0 Å². The molecule has 0 amide bonds. The normalized spacial score (nSPS) is 13.3. The van der Waals surface area contributed by atoms with Crippen LogP contribution in [0.25, 0.3) is 72.2 Å². The van der Waals surface area contributed by atoms with E-state index in [1.54, 1.807) is 0 Å². The predicted octanol–water partition coefficient (Wildman–Crippen LogP) is 8.50. The molecule has 0 saturated heterocycles. The average Bonchev–Trinajstić information content (AvgIpc) is 3.85. The third kappa shape index (κ3) is 3.91. The molecule has 10 aromatic rings. The van der Waals surface area contributed by atoms with Crippen LogP contribution in [0.2, 0.25) is 0 Å². The van der Waals surface area contributed by atoms with Crippen molar-refractivity contribution in [1.82, 2.24) is 14.5 Å². The molecular weight excluding hydrogens is 683 g/mol. The molecule has 5 heteroatoms. The Kier molecular flexibility index (Phi) is 6.10. The molecule has 4 heterocycles. The van der Waals surface area contributed by atoms with Gasteiger partial charge in [0, 0.05) is 0 Å². The molecule has 51 heavy (non-hydrogen) atoms. The molecule has 0 N–H and O–H groups in total. The first-order chi connectivity index (χ1) is 25.3. The topological polar surface area (TPSA) is 43.9 Å². The Morgan fingerprint density at radius 2 is 1.12 bits per heavy atom. The molecule has 1 aliphatic rings. The van der Waals surface area contributed by atoms with Crippen LogP contribution in [-0.4, -0.2) is 27.8 Å². The van der Waals surface area contributed by atoms with Crippen LogP contribution >= 0.6 is 0 Å². The van der Waals surface area contributed by atoms with Gasteiger partial charge in [0.1, 0.15) is 0 Å². The van der Waals surface area contributed by atoms with Crippen LogP contribution in [0, 0.1) is 0 Å². The fourth-order valence-corrected chi connectivity index (χ4v) is 19.5. The molecule has 1 aliphatic heterocycles. The third-order valence-corrected chi connectivity index (χ3v) is 20.9. The van der Waals surface area contributed by atoms with Gasteiger partial charge in [0.25, 0.3) is 0 Å². The van der Waals surface area contributed by atoms with Crippen LogP contribution in [0.1, 0.15) is 0 Å². The van der Waals surface area contributed by atoms with Gasteiger partial charge in [0.15, 0.2) is 0 Å². The summed E-state index contributed by atoms with van der Waals surface area (Å²) >= 11 is -3.80. The molecule has 238 valence electrons. The summed E-state index contributed by atoms with van der Waals surface area (Å²) in [6, 6.07) is 63.2. The first kappa shape index (κ1) is 28.6. The Morgan fingerprint density at radius 1 is 0.490 bits per heavy atom. The maximum atomic E-state index is 6.53. The van der Waals surface area contributed by atoms with Gasteiger partial charge in [-0.05, 0) is 0 Å². The van der Waals surface area contributed by atoms with Gasteiger partial charge in [-0.25, -0.2) is 0 Å². The SMILES string of the molecule is c1ccc(-c2nc3[c](c(-n4c5ccccc5c5ccc6oc7ccccc7c6c54)n2)[Ge]([c]2ccccc2)([c]2ccccc2)[c]2ccccc2-3)cc1. The second-order valence-corrected chi connectivity index (χ2v) is 21.0. The molecule has 0 saturated carbocycles. The summed E-state index contributed by atoms with van der Waals surface area (Å²) in [6.07, 6.45) is 0. The molecule has 0 spiro atoms. The monoisotopic (exact) mass is 713 g/mol. The molecule has 0 atom stereocenters. The molecule has 0 bridgehead atoms. The van der Waals surface area contributed by atoms with E-state index in [9.17, 15) is 0 Å². The van der Waals surface area contributed by atoms with E-state index in [1.165, 1.54) is 33.9 Å². The molecule has 7 aromatic carbocycles. The van der Waals surface area contributed by atoms with Crippen molar-refractivity contribution >= 4 is 74.6 Å². The van der Waals surface area contributed by atoms with Crippen molar-refractivity contribution in [1.29, 1.82) is 0 Å². The predicted molar refractivity (Wildman–Crippen MR) is 212 cm³/mol. The fourth-order valence-electron chi connectivity index (χ4n) is 8.65. The molecular formula is C46H29GeN3O. The van der Waals surface area contributed by atoms with Crippen molar-refractivity contribution in [3.8, 4) is 28.5 Å². The molecule has 4 nitrogen and oxygen atoms in total. The van der Waals surface area contributed by atoms with Gasteiger partial charge in [-0.3, -0.25) is 0 Å². The second kappa shape index (κ2) is 10.9. The Hall–Kier alpha value is -6.24. The number of aromatic nitrogens is 3. The maximum absolute atomic E-state index is 6.53. The van der Waals surface area contributed by atoms with Gasteiger partial charge in [0.2, 0.25) is 0 Å². The molecule has 3 aromatic heterocycles. The van der Waals surface area contributed by atoms with E-state index in [1.807, 2.05) is 12.1 Å². The van der Waals surface area contributed by atoms with Crippen molar-refractivity contribution < 1.29 is 4.42 Å². The van der Waals surface area contributed by atoms with E-state index < -0.39 is 13.3 Å². The first-order valence-electron chi connectivity index (χ1n) is 17.3. The van der Waals surface area contributed by atoms with Crippen LogP contribution in [0.4, 0.5) is 0 Å². The van der Waals surface area contributed by atoms with Crippen LogP contribution in [-0.2, 0) is 0 Å². The fraction of sp³-hybridized carbons (Fsp3) is 0. The number of furan rings is 1. The Morgan fingerprint density at radius 3 is 1.88 bits per heavy atom. The summed E-state index contributed by atoms with van der Waals surface area (Å²) in [5, 5.41) is 4.55. The Bertz CT molecular complexity index is 2930. The van der Waals surface area contributed by atoms with E-state index in [0.29, 0.717) is 5.82 Å². The molecule has 11 rings (SSSR count). The minimum atomic E-state index is -3.80. The zero-order chi connectivity index (χ0) is 33.5. The van der Waals surface area contributed by atoms with Crippen LogP contribution < -0.4 is 17.6 Å². The summed E-state index contributed by atoms with van der Waals surface area (Å²) in [5.74, 6) is 1.65. The number of nitrogens with zero attached hydrogens (tertiary/aromatic N) is 3. The van der Waals surface area contributed by atoms with Crippen LogP contribution in [0.15, 0.2) is 180 Å². The van der Waals surface area contributed by atoms with Crippen molar-refractivity contribution in [3.05, 3.63) is 176 Å². The molecule has 0 fully saturated rings. The van der Waals surface area contributed by atoms with Crippen molar-refractivity contribution in [2.24, 2.45) is 0 Å². The van der Waals surface area contributed by atoms with E-state index in [4.69, 9.17) is 14.4 Å². The van der Waals surface area contributed by atoms with E-state index in [2.05, 4.69) is 168 Å². The number of fused-ring (bicyclic) bond motifs is 10. The standard InChI is InChI=1S/C46H29GeN3O/c1-4-16-30(17-5-1)45-48-43-35-23-10-13-25-37(35)47(31-18-6-2-7-19-31,32-20-8-3-9-21-32)42(43)46(49-45)50-38-26-14-11-22-33(38)34-28-29-40-41(44(34)50)36-24-12-15-27-39(36)51-40/h1-29H. The van der Waals surface area contributed by atoms with Gasteiger partial charge in [-0.2, -0.15) is 0 Å². The van der Waals surface area contributed by atoms with Gasteiger partial charge in [0.05, 0.1) is 0 Å². The Labute approximate surface area is 296 Å². The van der Waals surface area contributed by atoms with Crippen LogP contribution in [0.5, 0.6) is 0 Å². The number of hydrogen-bond donors (Lipinski definition) is 0. The number of para-hydroxylation sites is 2. The van der Waals surface area contributed by atoms with E-state index in [0.717, 1.165) is 50.0 Å². The first-order valence-corrected chi connectivity index (χ1v) is 21.5. The summed E-state index contributed by atoms with van der Waals surface area (Å²) in [4.78, 5) is 11.3. The third-order valence-electron chi connectivity index (χ3n) is 10.7. The van der Waals surface area contributed by atoms with E-state index in [-0.39, 0.29) is 0 Å². The number of benzene rings is 7. The average molecular weight is 712 g/mol. The van der Waals surface area contributed by atoms with Gasteiger partial charge in [-0.15, -0.1) is 0 Å². The molecule has 0 unspecified atom stereocenters. The summed E-state index contributed by atoms with van der Waals surface area (Å²) in [5.41, 5.74) is 7.17. The summed E-state index contributed by atoms with van der Waals surface area (Å²) in [6.45, 7) is 0. The minimum absolute atomic E-state index is 0.716. The summed E-state index contributed by atoms with van der Waals surface area (Å²) < 4.78 is 14.3. The van der Waals surface area contributed by atoms with Gasteiger partial charge < -0.3 is 0 Å². The van der Waals surface area contributed by atoms with Crippen molar-refractivity contribution in [3.63, 3.8) is 0 Å². The van der Waals surface area contributed by atoms with Crippen molar-refractivity contribution in [2.45, 2.75) is 0 Å². The van der Waals surface area contributed by atoms with Crippen molar-refractivity contribution in [2.75, 3.05) is 0 Å². The number of hydrogen-bond acceptors (Lipinski definition) is 3. The van der Waals surface area contributed by atoms with Gasteiger partial charge in [-0.1, -0.05) is 0 Å². The summed E-state index contributed by atoms with van der Waals surface area (Å²) in [7, 11) is 0. The van der Waals surface area contributed by atoms with Crippen LogP contribution in [0.3, 0.4) is 0 Å². The molecule has 0 aliphatic carbocycles. The molecule has 0 radical (unpaired) electrons. The second-order valence-electron chi connectivity index (χ2n) is 13.3. The van der Waals surface area contributed by atoms with Gasteiger partial charge >= 0.3 is 298 Å².